The summed E-state index contributed by atoms with van der Waals surface area (Å²) in [6.07, 6.45) is 6.76. The van der Waals surface area contributed by atoms with Crippen molar-refractivity contribution in [1.29, 1.82) is 0 Å². The summed E-state index contributed by atoms with van der Waals surface area (Å²) < 4.78 is 30.8. The molecular formula is C14H17F2N3O. The van der Waals surface area contributed by atoms with Crippen LogP contribution in [0.5, 0.6) is 5.88 Å². The van der Waals surface area contributed by atoms with E-state index < -0.39 is 5.83 Å². The van der Waals surface area contributed by atoms with Gasteiger partial charge in [-0.2, -0.15) is 0 Å². The van der Waals surface area contributed by atoms with E-state index in [2.05, 4.69) is 10.4 Å². The first kappa shape index (κ1) is 15.8. The molecule has 0 aliphatic heterocycles. The number of nitrogen functional groups attached to an aromatic ring is 1. The van der Waals surface area contributed by atoms with Gasteiger partial charge in [0, 0.05) is 6.07 Å². The third-order valence-electron chi connectivity index (χ3n) is 2.35. The van der Waals surface area contributed by atoms with Crippen LogP contribution in [-0.2, 0) is 0 Å². The SMILES string of the molecule is C/C(F)=C\C/C=C\C(F)=C\Oc1cc(C)c(NN)cn1. The largest absolute Gasteiger partial charge is 0.444 e. The molecule has 0 aliphatic carbocycles. The number of hydrogen-bond acceptors (Lipinski definition) is 4. The molecule has 0 unspecified atom stereocenters. The molecule has 0 bridgehead atoms. The average molecular weight is 281 g/mol. The number of anilines is 1. The normalized spacial score (nSPS) is 12.8. The Morgan fingerprint density at radius 2 is 2.25 bits per heavy atom. The number of aryl methyl sites for hydroxylation is 1. The van der Waals surface area contributed by atoms with Crippen LogP contribution in [0.15, 0.2) is 48.4 Å². The van der Waals surface area contributed by atoms with E-state index in [1.165, 1.54) is 31.3 Å². The van der Waals surface area contributed by atoms with Crippen molar-refractivity contribution < 1.29 is 13.5 Å². The van der Waals surface area contributed by atoms with Gasteiger partial charge in [-0.25, -0.2) is 13.8 Å². The van der Waals surface area contributed by atoms with Crippen LogP contribution in [-0.4, -0.2) is 4.98 Å². The maximum atomic E-state index is 13.3. The zero-order chi connectivity index (χ0) is 15.0. The maximum Gasteiger partial charge on any atom is 0.218 e. The number of ether oxygens (including phenoxy) is 1. The second-order valence-electron chi connectivity index (χ2n) is 4.03. The summed E-state index contributed by atoms with van der Waals surface area (Å²) in [6.45, 7) is 3.15. The first-order valence-electron chi connectivity index (χ1n) is 5.97. The predicted octanol–water partition coefficient (Wildman–Crippen LogP) is 3.68. The summed E-state index contributed by atoms with van der Waals surface area (Å²) >= 11 is 0. The highest BCUT2D eigenvalue weighted by molar-refractivity contribution is 5.49. The number of aromatic nitrogens is 1. The van der Waals surface area contributed by atoms with Crippen LogP contribution in [0.4, 0.5) is 14.5 Å². The molecule has 1 heterocycles. The lowest BCUT2D eigenvalue weighted by atomic mass is 10.2. The Labute approximate surface area is 116 Å². The van der Waals surface area contributed by atoms with Gasteiger partial charge in [0.25, 0.3) is 0 Å². The summed E-state index contributed by atoms with van der Waals surface area (Å²) in [5, 5.41) is 0. The molecule has 0 radical (unpaired) electrons. The van der Waals surface area contributed by atoms with Crippen molar-refractivity contribution in [3.63, 3.8) is 0 Å². The minimum atomic E-state index is -0.588. The van der Waals surface area contributed by atoms with Crippen LogP contribution in [0.1, 0.15) is 18.9 Å². The molecule has 0 aromatic carbocycles. The van der Waals surface area contributed by atoms with Gasteiger partial charge in [-0.3, -0.25) is 5.84 Å². The summed E-state index contributed by atoms with van der Waals surface area (Å²) in [5.41, 5.74) is 3.96. The standard InChI is InChI=1S/C14H17F2N3O/c1-10-7-14(18-8-13(10)19-17)20-9-12(16)6-4-3-5-11(2)15/h4-9,19H,3,17H2,1-2H3/b6-4-,11-5+,12-9-. The van der Waals surface area contributed by atoms with Crippen molar-refractivity contribution in [2.75, 3.05) is 5.43 Å². The smallest absolute Gasteiger partial charge is 0.218 e. The van der Waals surface area contributed by atoms with Gasteiger partial charge in [0.2, 0.25) is 5.88 Å². The Hall–Kier alpha value is -2.21. The van der Waals surface area contributed by atoms with Gasteiger partial charge in [-0.1, -0.05) is 6.08 Å². The molecule has 0 aliphatic rings. The minimum absolute atomic E-state index is 0.254. The quantitative estimate of drug-likeness (QED) is 0.361. The van der Waals surface area contributed by atoms with E-state index in [1.807, 2.05) is 6.92 Å². The first-order chi connectivity index (χ1) is 9.52. The van der Waals surface area contributed by atoms with Gasteiger partial charge in [0.15, 0.2) is 5.83 Å². The predicted molar refractivity (Wildman–Crippen MR) is 75.2 cm³/mol. The Balaban J connectivity index is 2.58. The summed E-state index contributed by atoms with van der Waals surface area (Å²) in [4.78, 5) is 3.94. The van der Waals surface area contributed by atoms with Crippen LogP contribution >= 0.6 is 0 Å². The number of pyridine rings is 1. The summed E-state index contributed by atoms with van der Waals surface area (Å²) in [5.74, 6) is 4.63. The van der Waals surface area contributed by atoms with Crippen LogP contribution < -0.4 is 16.0 Å². The van der Waals surface area contributed by atoms with Crippen molar-refractivity contribution >= 4 is 5.69 Å². The fourth-order valence-electron chi connectivity index (χ4n) is 1.31. The molecule has 1 aromatic heterocycles. The minimum Gasteiger partial charge on any atom is -0.444 e. The number of hydrazine groups is 1. The highest BCUT2D eigenvalue weighted by Gasteiger charge is 2.00. The Morgan fingerprint density at radius 1 is 1.50 bits per heavy atom. The number of nitrogens with zero attached hydrogens (tertiary/aromatic N) is 1. The van der Waals surface area contributed by atoms with Crippen molar-refractivity contribution in [2.45, 2.75) is 20.3 Å². The molecule has 20 heavy (non-hydrogen) atoms. The van der Waals surface area contributed by atoms with Crippen molar-refractivity contribution in [3.05, 3.63) is 54.0 Å². The third kappa shape index (κ3) is 5.62. The molecule has 0 fully saturated rings. The number of nitrogens with two attached hydrogens (primary N) is 1. The molecule has 0 amide bonds. The van der Waals surface area contributed by atoms with Gasteiger partial charge < -0.3 is 10.2 Å². The van der Waals surface area contributed by atoms with E-state index in [9.17, 15) is 8.78 Å². The topological polar surface area (TPSA) is 60.2 Å². The van der Waals surface area contributed by atoms with Gasteiger partial charge in [-0.15, -0.1) is 0 Å². The number of hydrogen-bond donors (Lipinski definition) is 2. The van der Waals surface area contributed by atoms with Crippen molar-refractivity contribution in [2.24, 2.45) is 5.84 Å². The molecule has 4 nitrogen and oxygen atoms in total. The van der Waals surface area contributed by atoms with Gasteiger partial charge >= 0.3 is 0 Å². The molecule has 6 heteroatoms. The van der Waals surface area contributed by atoms with Crippen LogP contribution in [0.3, 0.4) is 0 Å². The number of rotatable bonds is 6. The Kier molecular flexibility index (Phi) is 6.39. The van der Waals surface area contributed by atoms with Gasteiger partial charge in [0.1, 0.15) is 6.26 Å². The van der Waals surface area contributed by atoms with Gasteiger partial charge in [0.05, 0.1) is 17.7 Å². The Bertz CT molecular complexity index is 535. The van der Waals surface area contributed by atoms with Crippen molar-refractivity contribution in [3.8, 4) is 5.88 Å². The first-order valence-corrected chi connectivity index (χ1v) is 5.97. The van der Waals surface area contributed by atoms with Crippen molar-refractivity contribution in [1.82, 2.24) is 4.98 Å². The lowest BCUT2D eigenvalue weighted by molar-refractivity contribution is 0.439. The second-order valence-corrected chi connectivity index (χ2v) is 4.03. The highest BCUT2D eigenvalue weighted by atomic mass is 19.1. The molecule has 0 atom stereocenters. The fraction of sp³-hybridized carbons (Fsp3) is 0.214. The number of halogens is 2. The molecular weight excluding hydrogens is 264 g/mol. The van der Waals surface area contributed by atoms with E-state index in [0.29, 0.717) is 12.1 Å². The molecule has 1 aromatic rings. The average Bonchev–Trinajstić information content (AvgIpc) is 2.41. The second kappa shape index (κ2) is 8.06. The van der Waals surface area contributed by atoms with E-state index in [4.69, 9.17) is 10.6 Å². The maximum absolute atomic E-state index is 13.3. The monoisotopic (exact) mass is 281 g/mol. The van der Waals surface area contributed by atoms with E-state index in [-0.39, 0.29) is 11.7 Å². The molecule has 3 N–H and O–H groups in total. The lowest BCUT2D eigenvalue weighted by Crippen LogP contribution is -2.08. The fourth-order valence-corrected chi connectivity index (χ4v) is 1.31. The molecule has 0 spiro atoms. The summed E-state index contributed by atoms with van der Waals surface area (Å²) in [7, 11) is 0. The molecule has 1 rings (SSSR count). The molecule has 108 valence electrons. The highest BCUT2D eigenvalue weighted by Crippen LogP contribution is 2.17. The van der Waals surface area contributed by atoms with E-state index >= 15 is 0 Å². The number of nitrogens with one attached hydrogen (secondary N) is 1. The van der Waals surface area contributed by atoms with E-state index in [0.717, 1.165) is 11.8 Å². The zero-order valence-corrected chi connectivity index (χ0v) is 11.4. The zero-order valence-electron chi connectivity index (χ0n) is 11.4. The number of allylic oxidation sites excluding steroid dienone is 5. The Morgan fingerprint density at radius 3 is 2.85 bits per heavy atom. The van der Waals surface area contributed by atoms with Crippen LogP contribution in [0.25, 0.3) is 0 Å². The van der Waals surface area contributed by atoms with Crippen LogP contribution in [0.2, 0.25) is 0 Å². The molecule has 0 saturated carbocycles. The van der Waals surface area contributed by atoms with E-state index in [1.54, 1.807) is 6.07 Å². The summed E-state index contributed by atoms with van der Waals surface area (Å²) in [6, 6.07) is 1.62. The van der Waals surface area contributed by atoms with Crippen LogP contribution in [0, 0.1) is 6.92 Å². The lowest BCUT2D eigenvalue weighted by Gasteiger charge is -2.05. The van der Waals surface area contributed by atoms with Gasteiger partial charge in [-0.05, 0) is 38.0 Å². The third-order valence-corrected chi connectivity index (χ3v) is 2.35. The molecule has 0 saturated heterocycles.